The Labute approximate surface area is 184 Å². The zero-order valence-electron chi connectivity index (χ0n) is 18.4. The molecule has 8 heteroatoms. The maximum atomic E-state index is 13.2. The molecule has 2 aromatic carbocycles. The van der Waals surface area contributed by atoms with Crippen LogP contribution in [0.2, 0.25) is 0 Å². The van der Waals surface area contributed by atoms with Crippen LogP contribution in [0.5, 0.6) is 5.75 Å². The van der Waals surface area contributed by atoms with Crippen LogP contribution < -0.4 is 15.6 Å². The van der Waals surface area contributed by atoms with E-state index in [0.29, 0.717) is 34.7 Å². The third-order valence-corrected chi connectivity index (χ3v) is 5.36. The number of nitrogens with zero attached hydrogens (tertiary/aromatic N) is 3. The van der Waals surface area contributed by atoms with Crippen molar-refractivity contribution in [3.05, 3.63) is 70.2 Å². The minimum absolute atomic E-state index is 0.136. The van der Waals surface area contributed by atoms with E-state index in [0.717, 1.165) is 11.1 Å². The average molecular weight is 432 g/mol. The zero-order chi connectivity index (χ0) is 22.8. The van der Waals surface area contributed by atoms with Gasteiger partial charge in [-0.1, -0.05) is 41.9 Å². The highest BCUT2D eigenvalue weighted by atomic mass is 16.5. The molecule has 2 aromatic heterocycles. The fraction of sp³-hybridized carbons (Fsp3) is 0.250. The van der Waals surface area contributed by atoms with Crippen LogP contribution in [0.25, 0.3) is 22.2 Å². The molecule has 0 radical (unpaired) electrons. The van der Waals surface area contributed by atoms with Crippen LogP contribution in [0, 0.1) is 13.8 Å². The highest BCUT2D eigenvalue weighted by molar-refractivity contribution is 5.95. The molecule has 0 unspecified atom stereocenters. The Morgan fingerprint density at radius 2 is 1.94 bits per heavy atom. The first-order chi connectivity index (χ1) is 15.4. The number of hydrogen-bond acceptors (Lipinski definition) is 6. The number of carbonyl (C=O) groups is 1. The minimum atomic E-state index is -0.824. The maximum Gasteiger partial charge on any atom is 0.297 e. The summed E-state index contributed by atoms with van der Waals surface area (Å²) in [5, 5.41) is 12.0. The van der Waals surface area contributed by atoms with Gasteiger partial charge in [0.25, 0.3) is 5.56 Å². The molecular weight excluding hydrogens is 408 g/mol. The average Bonchev–Trinajstić information content (AvgIpc) is 3.19. The molecule has 4 rings (SSSR count). The molecule has 8 nitrogen and oxygen atoms in total. The normalized spacial score (nSPS) is 12.0. The van der Waals surface area contributed by atoms with Gasteiger partial charge in [0.1, 0.15) is 23.2 Å². The molecule has 0 aliphatic carbocycles. The summed E-state index contributed by atoms with van der Waals surface area (Å²) in [6.45, 7) is 5.53. The van der Waals surface area contributed by atoms with Crippen LogP contribution in [-0.4, -0.2) is 28.0 Å². The summed E-state index contributed by atoms with van der Waals surface area (Å²) in [5.41, 5.74) is 2.62. The van der Waals surface area contributed by atoms with Crippen LogP contribution in [0.1, 0.15) is 30.7 Å². The zero-order valence-corrected chi connectivity index (χ0v) is 18.4. The van der Waals surface area contributed by atoms with Crippen LogP contribution in [0.4, 0.5) is 5.69 Å². The van der Waals surface area contributed by atoms with E-state index < -0.39 is 11.6 Å². The second-order valence-electron chi connectivity index (χ2n) is 7.57. The Hall–Kier alpha value is -3.94. The van der Waals surface area contributed by atoms with Crippen LogP contribution in [0.3, 0.4) is 0 Å². The summed E-state index contributed by atoms with van der Waals surface area (Å²) < 4.78 is 11.8. The largest absolute Gasteiger partial charge is 0.497 e. The number of ether oxygens (including phenoxy) is 1. The minimum Gasteiger partial charge on any atom is -0.497 e. The second kappa shape index (κ2) is 8.66. The predicted octanol–water partition coefficient (Wildman–Crippen LogP) is 4.27. The standard InChI is InChI=1S/C24H24N4O4/c1-5-19(23(29)25-17-11-9-14(2)10-12-17)28-24(30)22-20(15(3)32-27-22)21(26-28)16-7-6-8-18(13-16)31-4/h6-13,19H,5H2,1-4H3,(H,25,29)/t19-/m0/s1. The van der Waals surface area contributed by atoms with Crippen LogP contribution in [-0.2, 0) is 4.79 Å². The molecule has 4 aromatic rings. The number of methoxy groups -OCH3 is 1. The Morgan fingerprint density at radius 3 is 2.62 bits per heavy atom. The van der Waals surface area contributed by atoms with Gasteiger partial charge in [-0.2, -0.15) is 5.10 Å². The van der Waals surface area contributed by atoms with Crippen LogP contribution in [0.15, 0.2) is 57.8 Å². The molecule has 0 bridgehead atoms. The molecule has 0 fully saturated rings. The lowest BCUT2D eigenvalue weighted by molar-refractivity contribution is -0.119. The molecule has 0 saturated carbocycles. The van der Waals surface area contributed by atoms with Crippen molar-refractivity contribution in [3.8, 4) is 17.0 Å². The topological polar surface area (TPSA) is 99.2 Å². The van der Waals surface area contributed by atoms with Gasteiger partial charge in [0.2, 0.25) is 5.91 Å². The molecule has 0 spiro atoms. The predicted molar refractivity (Wildman–Crippen MR) is 122 cm³/mol. The van der Waals surface area contributed by atoms with E-state index in [1.165, 1.54) is 4.68 Å². The second-order valence-corrected chi connectivity index (χ2v) is 7.57. The van der Waals surface area contributed by atoms with Crippen molar-refractivity contribution in [3.63, 3.8) is 0 Å². The number of carbonyl (C=O) groups excluding carboxylic acids is 1. The Kier molecular flexibility index (Phi) is 5.77. The van der Waals surface area contributed by atoms with E-state index in [-0.39, 0.29) is 11.4 Å². The molecule has 0 aliphatic rings. The molecule has 2 heterocycles. The number of anilines is 1. The summed E-state index contributed by atoms with van der Waals surface area (Å²) in [6, 6.07) is 14.0. The number of aryl methyl sites for hydroxylation is 2. The summed E-state index contributed by atoms with van der Waals surface area (Å²) in [6.07, 6.45) is 0.366. The highest BCUT2D eigenvalue weighted by Crippen LogP contribution is 2.30. The first-order valence-electron chi connectivity index (χ1n) is 10.3. The third kappa shape index (κ3) is 3.87. The molecular formula is C24H24N4O4. The van der Waals surface area contributed by atoms with Crippen LogP contribution >= 0.6 is 0 Å². The fourth-order valence-corrected chi connectivity index (χ4v) is 3.62. The van der Waals surface area contributed by atoms with Crippen molar-refractivity contribution in [1.82, 2.24) is 14.9 Å². The lowest BCUT2D eigenvalue weighted by Gasteiger charge is -2.18. The molecule has 1 atom stereocenters. The lowest BCUT2D eigenvalue weighted by atomic mass is 10.1. The SMILES string of the molecule is CC[C@@H](C(=O)Nc1ccc(C)cc1)n1nc(-c2cccc(OC)c2)c2c(C)onc2c1=O. The van der Waals surface area contributed by atoms with Gasteiger partial charge in [-0.3, -0.25) is 9.59 Å². The van der Waals surface area contributed by atoms with E-state index in [2.05, 4.69) is 15.6 Å². The third-order valence-electron chi connectivity index (χ3n) is 5.36. The van der Waals surface area contributed by atoms with Gasteiger partial charge in [-0.05, 0) is 44.5 Å². The molecule has 32 heavy (non-hydrogen) atoms. The van der Waals surface area contributed by atoms with Crippen molar-refractivity contribution in [1.29, 1.82) is 0 Å². The highest BCUT2D eigenvalue weighted by Gasteiger charge is 2.26. The number of hydrogen-bond donors (Lipinski definition) is 1. The van der Waals surface area contributed by atoms with Gasteiger partial charge in [-0.25, -0.2) is 4.68 Å². The fourth-order valence-electron chi connectivity index (χ4n) is 3.62. The molecule has 0 aliphatic heterocycles. The Bertz CT molecular complexity index is 1340. The molecule has 164 valence electrons. The number of nitrogens with one attached hydrogen (secondary N) is 1. The number of amides is 1. The van der Waals surface area contributed by atoms with Crippen molar-refractivity contribution < 1.29 is 14.1 Å². The van der Waals surface area contributed by atoms with Gasteiger partial charge in [-0.15, -0.1) is 0 Å². The smallest absolute Gasteiger partial charge is 0.297 e. The number of aromatic nitrogens is 3. The van der Waals surface area contributed by atoms with E-state index in [1.54, 1.807) is 14.0 Å². The Morgan fingerprint density at radius 1 is 1.19 bits per heavy atom. The molecule has 0 saturated heterocycles. The monoisotopic (exact) mass is 432 g/mol. The molecule has 1 N–H and O–H groups in total. The lowest BCUT2D eigenvalue weighted by Crippen LogP contribution is -2.35. The first-order valence-corrected chi connectivity index (χ1v) is 10.3. The van der Waals surface area contributed by atoms with Crippen molar-refractivity contribution in [2.24, 2.45) is 0 Å². The number of benzene rings is 2. The summed E-state index contributed by atoms with van der Waals surface area (Å²) >= 11 is 0. The van der Waals surface area contributed by atoms with E-state index in [1.807, 2.05) is 62.4 Å². The van der Waals surface area contributed by atoms with Gasteiger partial charge in [0.15, 0.2) is 5.52 Å². The Balaban J connectivity index is 1.84. The van der Waals surface area contributed by atoms with Gasteiger partial charge < -0.3 is 14.6 Å². The van der Waals surface area contributed by atoms with Crippen molar-refractivity contribution >= 4 is 22.5 Å². The number of fused-ring (bicyclic) bond motifs is 1. The van der Waals surface area contributed by atoms with E-state index >= 15 is 0 Å². The first kappa shape index (κ1) is 21.3. The summed E-state index contributed by atoms with van der Waals surface area (Å²) in [5.74, 6) is 0.794. The van der Waals surface area contributed by atoms with E-state index in [9.17, 15) is 9.59 Å². The van der Waals surface area contributed by atoms with Crippen molar-refractivity contribution in [2.45, 2.75) is 33.2 Å². The van der Waals surface area contributed by atoms with E-state index in [4.69, 9.17) is 9.26 Å². The summed E-state index contributed by atoms with van der Waals surface area (Å²) in [7, 11) is 1.58. The van der Waals surface area contributed by atoms with Gasteiger partial charge >= 0.3 is 0 Å². The summed E-state index contributed by atoms with van der Waals surface area (Å²) in [4.78, 5) is 26.3. The maximum absolute atomic E-state index is 13.2. The molecule has 1 amide bonds. The quantitative estimate of drug-likeness (QED) is 0.489. The number of rotatable bonds is 6. The van der Waals surface area contributed by atoms with Crippen molar-refractivity contribution in [2.75, 3.05) is 12.4 Å². The van der Waals surface area contributed by atoms with Gasteiger partial charge in [0, 0.05) is 11.3 Å². The van der Waals surface area contributed by atoms with Gasteiger partial charge in [0.05, 0.1) is 12.5 Å².